The molecule has 0 radical (unpaired) electrons. The minimum Gasteiger partial charge on any atom is -0.377 e. The Kier molecular flexibility index (Phi) is 3.50. The molecular formula is C15H17N5. The lowest BCUT2D eigenvalue weighted by molar-refractivity contribution is 0.687. The van der Waals surface area contributed by atoms with Crippen LogP contribution in [0.2, 0.25) is 0 Å². The van der Waals surface area contributed by atoms with E-state index < -0.39 is 0 Å². The molecule has 2 N–H and O–H groups in total. The number of aryl methyl sites for hydroxylation is 1. The molecule has 5 heteroatoms. The second kappa shape index (κ2) is 5.61. The molecule has 3 rings (SSSR count). The van der Waals surface area contributed by atoms with E-state index in [1.54, 1.807) is 6.33 Å². The maximum atomic E-state index is 4.36. The molecule has 20 heavy (non-hydrogen) atoms. The van der Waals surface area contributed by atoms with Crippen LogP contribution in [0, 0.1) is 6.92 Å². The summed E-state index contributed by atoms with van der Waals surface area (Å²) in [5.74, 6) is 0. The van der Waals surface area contributed by atoms with Gasteiger partial charge in [0.25, 0.3) is 0 Å². The first-order valence-electron chi connectivity index (χ1n) is 6.60. The summed E-state index contributed by atoms with van der Waals surface area (Å²) in [7, 11) is 0. The molecule has 0 saturated heterocycles. The summed E-state index contributed by atoms with van der Waals surface area (Å²) in [5, 5.41) is 7.69. The van der Waals surface area contributed by atoms with Crippen LogP contribution in [-0.4, -0.2) is 19.7 Å². The van der Waals surface area contributed by atoms with Crippen LogP contribution in [0.25, 0.3) is 0 Å². The molecule has 0 aliphatic carbocycles. The molecule has 1 aromatic carbocycles. The molecule has 5 nitrogen and oxygen atoms in total. The quantitative estimate of drug-likeness (QED) is 0.747. The Morgan fingerprint density at radius 3 is 2.85 bits per heavy atom. The zero-order valence-corrected chi connectivity index (χ0v) is 11.4. The van der Waals surface area contributed by atoms with Crippen molar-refractivity contribution in [2.75, 3.05) is 5.32 Å². The van der Waals surface area contributed by atoms with Crippen molar-refractivity contribution in [2.24, 2.45) is 0 Å². The zero-order chi connectivity index (χ0) is 13.8. The number of H-pyrrole nitrogens is 1. The number of nitrogens with zero attached hydrogens (tertiary/aromatic N) is 3. The van der Waals surface area contributed by atoms with Crippen molar-refractivity contribution in [2.45, 2.75) is 20.0 Å². The Morgan fingerprint density at radius 1 is 1.25 bits per heavy atom. The van der Waals surface area contributed by atoms with Crippen molar-refractivity contribution < 1.29 is 0 Å². The Balaban J connectivity index is 1.61. The van der Waals surface area contributed by atoms with Crippen LogP contribution in [0.5, 0.6) is 0 Å². The van der Waals surface area contributed by atoms with Crippen LogP contribution < -0.4 is 5.32 Å². The second-order valence-corrected chi connectivity index (χ2v) is 4.74. The van der Waals surface area contributed by atoms with E-state index in [4.69, 9.17) is 0 Å². The van der Waals surface area contributed by atoms with Crippen molar-refractivity contribution in [3.8, 4) is 0 Å². The molecular weight excluding hydrogens is 250 g/mol. The Labute approximate surface area is 117 Å². The summed E-state index contributed by atoms with van der Waals surface area (Å²) in [5.41, 5.74) is 4.36. The third kappa shape index (κ3) is 2.88. The van der Waals surface area contributed by atoms with Gasteiger partial charge in [-0.3, -0.25) is 4.68 Å². The lowest BCUT2D eigenvalue weighted by atomic mass is 10.2. The summed E-state index contributed by atoms with van der Waals surface area (Å²) in [6.07, 6.45) is 5.56. The highest BCUT2D eigenvalue weighted by Crippen LogP contribution is 2.10. The van der Waals surface area contributed by atoms with Gasteiger partial charge in [-0.05, 0) is 12.5 Å². The summed E-state index contributed by atoms with van der Waals surface area (Å²) >= 11 is 0. The van der Waals surface area contributed by atoms with Gasteiger partial charge >= 0.3 is 0 Å². The SMILES string of the molecule is Cc1[nH]cnc1CNc1cnn(Cc2ccccc2)c1. The van der Waals surface area contributed by atoms with E-state index in [9.17, 15) is 0 Å². The topological polar surface area (TPSA) is 58.5 Å². The summed E-state index contributed by atoms with van der Waals surface area (Å²) in [4.78, 5) is 7.33. The predicted molar refractivity (Wildman–Crippen MR) is 78.4 cm³/mol. The fraction of sp³-hybridized carbons (Fsp3) is 0.200. The molecule has 102 valence electrons. The number of rotatable bonds is 5. The molecule has 0 bridgehead atoms. The van der Waals surface area contributed by atoms with E-state index in [-0.39, 0.29) is 0 Å². The predicted octanol–water partition coefficient (Wildman–Crippen LogP) is 2.58. The van der Waals surface area contributed by atoms with Crippen molar-refractivity contribution in [1.29, 1.82) is 0 Å². The highest BCUT2D eigenvalue weighted by Gasteiger charge is 2.03. The van der Waals surface area contributed by atoms with Gasteiger partial charge in [0.2, 0.25) is 0 Å². The third-order valence-electron chi connectivity index (χ3n) is 3.21. The first kappa shape index (κ1) is 12.5. The maximum absolute atomic E-state index is 4.36. The van der Waals surface area contributed by atoms with E-state index in [1.807, 2.05) is 42.2 Å². The molecule has 0 atom stereocenters. The lowest BCUT2D eigenvalue weighted by Crippen LogP contribution is -2.01. The van der Waals surface area contributed by atoms with E-state index >= 15 is 0 Å². The van der Waals surface area contributed by atoms with E-state index in [1.165, 1.54) is 5.56 Å². The van der Waals surface area contributed by atoms with Gasteiger partial charge in [0.05, 0.1) is 37.0 Å². The first-order valence-corrected chi connectivity index (χ1v) is 6.60. The number of hydrogen-bond acceptors (Lipinski definition) is 3. The number of hydrogen-bond donors (Lipinski definition) is 2. The fourth-order valence-electron chi connectivity index (χ4n) is 2.06. The van der Waals surface area contributed by atoms with Gasteiger partial charge in [-0.25, -0.2) is 4.98 Å². The smallest absolute Gasteiger partial charge is 0.0925 e. The molecule has 0 fully saturated rings. The number of aromatic amines is 1. The van der Waals surface area contributed by atoms with Crippen LogP contribution >= 0.6 is 0 Å². The van der Waals surface area contributed by atoms with Crippen LogP contribution in [0.3, 0.4) is 0 Å². The molecule has 0 aliphatic heterocycles. The lowest BCUT2D eigenvalue weighted by Gasteiger charge is -2.02. The van der Waals surface area contributed by atoms with Gasteiger partial charge in [0.1, 0.15) is 0 Å². The number of anilines is 1. The second-order valence-electron chi connectivity index (χ2n) is 4.74. The Hall–Kier alpha value is -2.56. The molecule has 0 spiro atoms. The van der Waals surface area contributed by atoms with Crippen molar-refractivity contribution in [3.05, 3.63) is 66.0 Å². The van der Waals surface area contributed by atoms with Crippen LogP contribution in [0.4, 0.5) is 5.69 Å². The standard InChI is InChI=1S/C15H17N5/c1-12-15(18-11-17-12)8-16-14-7-19-20(10-14)9-13-5-3-2-4-6-13/h2-7,10-11,16H,8-9H2,1H3,(H,17,18). The van der Waals surface area contributed by atoms with Crippen LogP contribution in [0.1, 0.15) is 17.0 Å². The number of imidazole rings is 1. The maximum Gasteiger partial charge on any atom is 0.0925 e. The molecule has 0 aliphatic rings. The first-order chi connectivity index (χ1) is 9.81. The van der Waals surface area contributed by atoms with Crippen molar-refractivity contribution in [3.63, 3.8) is 0 Å². The van der Waals surface area contributed by atoms with Gasteiger partial charge in [0, 0.05) is 11.9 Å². The minimum absolute atomic E-state index is 0.701. The number of benzene rings is 1. The average Bonchev–Trinajstić information content (AvgIpc) is 3.07. The van der Waals surface area contributed by atoms with Gasteiger partial charge in [-0.1, -0.05) is 30.3 Å². The highest BCUT2D eigenvalue weighted by molar-refractivity contribution is 5.39. The van der Waals surface area contributed by atoms with Crippen molar-refractivity contribution >= 4 is 5.69 Å². The van der Waals surface area contributed by atoms with Gasteiger partial charge in [-0.15, -0.1) is 0 Å². The van der Waals surface area contributed by atoms with E-state index in [2.05, 4.69) is 32.5 Å². The monoisotopic (exact) mass is 267 g/mol. The molecule has 0 unspecified atom stereocenters. The summed E-state index contributed by atoms with van der Waals surface area (Å²) in [6.45, 7) is 3.50. The average molecular weight is 267 g/mol. The van der Waals surface area contributed by atoms with Crippen molar-refractivity contribution in [1.82, 2.24) is 19.7 Å². The molecule has 0 saturated carbocycles. The Bertz CT molecular complexity index is 668. The number of aromatic nitrogens is 4. The third-order valence-corrected chi connectivity index (χ3v) is 3.21. The highest BCUT2D eigenvalue weighted by atomic mass is 15.3. The van der Waals surface area contributed by atoms with Crippen LogP contribution in [-0.2, 0) is 13.1 Å². The summed E-state index contributed by atoms with van der Waals surface area (Å²) in [6, 6.07) is 10.3. The normalized spacial score (nSPS) is 10.7. The van der Waals surface area contributed by atoms with Gasteiger partial charge in [0.15, 0.2) is 0 Å². The molecule has 0 amide bonds. The molecule has 2 heterocycles. The van der Waals surface area contributed by atoms with E-state index in [0.717, 1.165) is 23.6 Å². The van der Waals surface area contributed by atoms with Gasteiger partial charge < -0.3 is 10.3 Å². The van der Waals surface area contributed by atoms with E-state index in [0.29, 0.717) is 6.54 Å². The number of nitrogens with one attached hydrogen (secondary N) is 2. The zero-order valence-electron chi connectivity index (χ0n) is 11.4. The molecule has 2 aromatic heterocycles. The van der Waals surface area contributed by atoms with Gasteiger partial charge in [-0.2, -0.15) is 5.10 Å². The van der Waals surface area contributed by atoms with Crippen LogP contribution in [0.15, 0.2) is 49.1 Å². The summed E-state index contributed by atoms with van der Waals surface area (Å²) < 4.78 is 1.93. The molecule has 3 aromatic rings. The largest absolute Gasteiger partial charge is 0.377 e. The fourth-order valence-corrected chi connectivity index (χ4v) is 2.06. The minimum atomic E-state index is 0.701. The Morgan fingerprint density at radius 2 is 2.10 bits per heavy atom.